The first-order valence-electron chi connectivity index (χ1n) is 32.4. The van der Waals surface area contributed by atoms with Gasteiger partial charge in [-0.3, -0.25) is 33.6 Å². The summed E-state index contributed by atoms with van der Waals surface area (Å²) in [5, 5.41) is 20.9. The molecule has 1 saturated heterocycles. The van der Waals surface area contributed by atoms with Crippen LogP contribution in [0.25, 0.3) is 0 Å². The van der Waals surface area contributed by atoms with Crippen molar-refractivity contribution in [2.45, 2.75) is 174 Å². The van der Waals surface area contributed by atoms with E-state index in [4.69, 9.17) is 45.6 Å². The van der Waals surface area contributed by atoms with Gasteiger partial charge in [0.25, 0.3) is 11.8 Å². The Morgan fingerprint density at radius 2 is 1.05 bits per heavy atom. The maximum Gasteiger partial charge on any atom is 1.00 e. The van der Waals surface area contributed by atoms with Gasteiger partial charge in [0.2, 0.25) is 17.7 Å². The number of alkyl carbamates (subject to hydrolysis) is 2. The van der Waals surface area contributed by atoms with Crippen molar-refractivity contribution in [3.63, 3.8) is 0 Å². The van der Waals surface area contributed by atoms with E-state index in [0.29, 0.717) is 91.6 Å². The maximum absolute atomic E-state index is 12.6. The van der Waals surface area contributed by atoms with E-state index in [0.717, 1.165) is 23.0 Å². The molecule has 544 valence electrons. The van der Waals surface area contributed by atoms with E-state index in [1.54, 1.807) is 6.92 Å². The van der Waals surface area contributed by atoms with Crippen LogP contribution in [0.4, 0.5) is 9.59 Å². The Morgan fingerprint density at radius 1 is 0.633 bits per heavy atom. The van der Waals surface area contributed by atoms with Gasteiger partial charge in [0.1, 0.15) is 28.6 Å². The number of nitrogens with two attached hydrogens (primary N) is 3. The number of hydrogen-bond acceptors (Lipinski definition) is 26. The molecule has 3 aliphatic rings. The Bertz CT molecular complexity index is 2910. The SMILES string of the molecule is CC1(CCC(=O)NCCOCCOCCCC(=O)C(CCC(N)=O)NC(=O)OCc2ccccc2)N=N1.CC1(CCC(=O)ON2C(=O)CC(S(=O)(=O)[O-])C2=O)N=N1.CCN(CC(C)C)CC(C)C.NCCOCCOCCCC(=O)C(CCC(N)=O)NC(=O)OCc1ccccc1.[Na+]. The standard InChI is InChI=1S/C25H37N5O7.C20H31N3O6.C10H23N.C9H11N3O7S.Na/c1-25(29-30-25)12-11-23(33)27-13-15-36-17-16-35-14-5-8-21(31)20(9-10-22(26)32)28-24(34)37-18-19-6-3-2-4-7-19;21-10-12-28-14-13-27-11-4-7-18(24)17(8-9-19(22)25)23-20(26)29-15-16-5-2-1-3-6-16;1-6-11(7-9(2)3)8-10(4)5;1-9(10-11-9)3-2-7(14)19-12-6(13)4-5(8(12)15)20(16,17)18;/h2-4,6-7,20H,5,8-18H2,1H3,(H2,26,32)(H,27,33)(H,28,34);1-3,5-6,17H,4,7-15,21H2,(H2,22,25)(H,23,26);9-10H,6-8H2,1-5H3;5H,2-4H2,1H3,(H,16,17,18);/q;;;;+1/p-1. The van der Waals surface area contributed by atoms with E-state index in [1.165, 1.54) is 19.6 Å². The zero-order chi connectivity index (χ0) is 72.2. The van der Waals surface area contributed by atoms with Crippen molar-refractivity contribution in [1.29, 1.82) is 0 Å². The topological polar surface area (TPSA) is 463 Å². The van der Waals surface area contributed by atoms with Crippen LogP contribution in [-0.2, 0) is 94.9 Å². The molecule has 3 heterocycles. The van der Waals surface area contributed by atoms with Gasteiger partial charge in [-0.25, -0.2) is 22.8 Å². The molecule has 5 rings (SSSR count). The summed E-state index contributed by atoms with van der Waals surface area (Å²) in [5.41, 5.74) is 16.3. The Morgan fingerprint density at radius 3 is 1.43 bits per heavy atom. The molecule has 3 unspecified atom stereocenters. The number of Topliss-reactive ketones (excluding diaryl/α,β-unsaturated/α-hetero) is 2. The third kappa shape index (κ3) is 43.6. The smallest absolute Gasteiger partial charge is 0.747 e. The van der Waals surface area contributed by atoms with E-state index in [2.05, 4.69) is 80.8 Å². The molecule has 0 bridgehead atoms. The summed E-state index contributed by atoms with van der Waals surface area (Å²) in [6.45, 7) is 22.8. The Labute approximate surface area is 596 Å². The van der Waals surface area contributed by atoms with Gasteiger partial charge < -0.3 is 75.9 Å². The van der Waals surface area contributed by atoms with Crippen LogP contribution < -0.4 is 62.7 Å². The third-order valence-electron chi connectivity index (χ3n) is 14.0. The second-order valence-electron chi connectivity index (χ2n) is 23.9. The number of nitrogens with zero attached hydrogens (tertiary/aromatic N) is 6. The Kier molecular flexibility index (Phi) is 45.2. The van der Waals surface area contributed by atoms with Crippen LogP contribution in [0.1, 0.15) is 143 Å². The quantitative estimate of drug-likeness (QED) is 0.0237. The molecule has 2 aromatic rings. The largest absolute Gasteiger partial charge is 1.00 e. The first-order chi connectivity index (χ1) is 46.0. The Balaban J connectivity index is 0.000000699. The van der Waals surface area contributed by atoms with Crippen molar-refractivity contribution < 1.29 is 124 Å². The van der Waals surface area contributed by atoms with E-state index >= 15 is 0 Å². The molecule has 0 aliphatic carbocycles. The molecule has 0 saturated carbocycles. The number of carbonyl (C=O) groups excluding carboxylic acids is 10. The molecular weight excluding hydrogens is 1310 g/mol. The van der Waals surface area contributed by atoms with Crippen LogP contribution in [-0.4, -0.2) is 196 Å². The summed E-state index contributed by atoms with van der Waals surface area (Å²) in [4.78, 5) is 124. The van der Waals surface area contributed by atoms with E-state index < -0.39 is 81.3 Å². The molecule has 98 heavy (non-hydrogen) atoms. The van der Waals surface area contributed by atoms with Crippen molar-refractivity contribution in [2.75, 3.05) is 85.6 Å². The molecule has 1 fully saturated rings. The average Bonchev–Trinajstić information content (AvgIpc) is 1.66. The number of rotatable bonds is 46. The van der Waals surface area contributed by atoms with Crippen LogP contribution in [0, 0.1) is 11.8 Å². The first-order valence-corrected chi connectivity index (χ1v) is 33.9. The van der Waals surface area contributed by atoms with Gasteiger partial charge in [0.15, 0.2) is 22.9 Å². The number of imide groups is 1. The third-order valence-corrected chi connectivity index (χ3v) is 15.0. The summed E-state index contributed by atoms with van der Waals surface area (Å²) in [6.07, 6.45) is 0.274. The Hall–Kier alpha value is -6.79. The van der Waals surface area contributed by atoms with Crippen LogP contribution in [0.3, 0.4) is 0 Å². The maximum atomic E-state index is 12.6. The van der Waals surface area contributed by atoms with E-state index in [1.807, 2.05) is 67.6 Å². The normalized spacial score (nSPS) is 15.0. The van der Waals surface area contributed by atoms with Crippen LogP contribution in [0.5, 0.6) is 0 Å². The number of hydroxylamine groups is 2. The fourth-order valence-electron chi connectivity index (χ4n) is 8.62. The minimum absolute atomic E-state index is 0. The van der Waals surface area contributed by atoms with Gasteiger partial charge in [-0.05, 0) is 69.0 Å². The van der Waals surface area contributed by atoms with Gasteiger partial charge >= 0.3 is 47.7 Å². The van der Waals surface area contributed by atoms with Crippen molar-refractivity contribution in [1.82, 2.24) is 25.9 Å². The molecule has 0 radical (unpaired) electrons. The van der Waals surface area contributed by atoms with Crippen molar-refractivity contribution >= 4 is 69.4 Å². The van der Waals surface area contributed by atoms with E-state index in [9.17, 15) is 60.9 Å². The van der Waals surface area contributed by atoms with Crippen LogP contribution in [0.2, 0.25) is 0 Å². The van der Waals surface area contributed by atoms with Crippen molar-refractivity contribution in [3.05, 3.63) is 71.8 Å². The average molecular weight is 1410 g/mol. The van der Waals surface area contributed by atoms with Crippen molar-refractivity contribution in [3.8, 4) is 0 Å². The molecule has 2 aromatic carbocycles. The number of benzene rings is 2. The number of carbonyl (C=O) groups is 10. The molecule has 0 aromatic heterocycles. The number of ketones is 2. The molecule has 3 aliphatic heterocycles. The second kappa shape index (κ2) is 49.7. The summed E-state index contributed by atoms with van der Waals surface area (Å²) in [6, 6.07) is 16.6. The molecule has 3 atom stereocenters. The summed E-state index contributed by atoms with van der Waals surface area (Å²) in [5.74, 6) is -3.28. The van der Waals surface area contributed by atoms with Gasteiger partial charge in [0.05, 0.1) is 64.6 Å². The number of amides is 7. The minimum Gasteiger partial charge on any atom is -0.747 e. The number of primary amides is 2. The van der Waals surface area contributed by atoms with Gasteiger partial charge in [0, 0.05) is 84.3 Å². The fraction of sp³-hybridized carbons (Fsp3) is 0.656. The summed E-state index contributed by atoms with van der Waals surface area (Å²) in [7, 11) is -4.96. The van der Waals surface area contributed by atoms with Crippen molar-refractivity contribution in [2.24, 2.45) is 49.5 Å². The molecule has 34 heteroatoms. The van der Waals surface area contributed by atoms with Crippen LogP contribution in [0.15, 0.2) is 81.1 Å². The zero-order valence-corrected chi connectivity index (χ0v) is 60.8. The van der Waals surface area contributed by atoms with E-state index in [-0.39, 0.29) is 122 Å². The fourth-order valence-corrected chi connectivity index (χ4v) is 9.30. The number of hydrogen-bond donors (Lipinski definition) is 6. The van der Waals surface area contributed by atoms with Gasteiger partial charge in [-0.1, -0.05) is 95.3 Å². The summed E-state index contributed by atoms with van der Waals surface area (Å²) < 4.78 is 64.0. The van der Waals surface area contributed by atoms with Gasteiger partial charge in [-0.15, -0.1) is 5.06 Å². The summed E-state index contributed by atoms with van der Waals surface area (Å²) >= 11 is 0. The second-order valence-corrected chi connectivity index (χ2v) is 25.5. The molecule has 9 N–H and O–H groups in total. The number of ether oxygens (including phenoxy) is 6. The molecule has 7 amide bonds. The van der Waals surface area contributed by atoms with Gasteiger partial charge in [-0.2, -0.15) is 20.5 Å². The molecule has 32 nitrogen and oxygen atoms in total. The molecular formula is C64H101N12NaO20S. The van der Waals surface area contributed by atoms with Crippen LogP contribution >= 0.6 is 0 Å². The zero-order valence-electron chi connectivity index (χ0n) is 57.9. The minimum atomic E-state index is -4.96. The predicted octanol–water partition coefficient (Wildman–Crippen LogP) is 1.60. The predicted molar refractivity (Wildman–Crippen MR) is 351 cm³/mol. The monoisotopic (exact) mass is 1410 g/mol. The number of nitrogens with one attached hydrogen (secondary N) is 3. The first kappa shape index (κ1) is 89.2. The molecule has 0 spiro atoms.